The Morgan fingerprint density at radius 3 is 1.97 bits per heavy atom. The molecular formula is C26H30O5. The Bertz CT molecular complexity index is 1050. The maximum absolute atomic E-state index is 12.4. The number of esters is 2. The van der Waals surface area contributed by atoms with Crippen LogP contribution < -0.4 is 9.47 Å². The highest BCUT2D eigenvalue weighted by Crippen LogP contribution is 2.45. The number of hydrogen-bond acceptors (Lipinski definition) is 5. The highest BCUT2D eigenvalue weighted by atomic mass is 16.5. The number of carbonyl (C=O) groups excluding carboxylic acids is 2. The van der Waals surface area contributed by atoms with Gasteiger partial charge in [-0.05, 0) is 32.6 Å². The third-order valence-corrected chi connectivity index (χ3v) is 5.23. The third-order valence-electron chi connectivity index (χ3n) is 5.23. The number of rotatable bonds is 7. The molecule has 0 aromatic heterocycles. The van der Waals surface area contributed by atoms with Crippen molar-refractivity contribution in [2.45, 2.75) is 53.1 Å². The van der Waals surface area contributed by atoms with Crippen LogP contribution in [0.25, 0.3) is 10.8 Å². The van der Waals surface area contributed by atoms with Crippen LogP contribution in [0.15, 0.2) is 48.6 Å². The number of benzene rings is 2. The molecule has 0 aliphatic heterocycles. The molecule has 1 aliphatic carbocycles. The van der Waals surface area contributed by atoms with Crippen molar-refractivity contribution in [2.24, 2.45) is 5.92 Å². The van der Waals surface area contributed by atoms with E-state index < -0.39 is 11.9 Å². The van der Waals surface area contributed by atoms with E-state index in [1.807, 2.05) is 24.3 Å². The zero-order valence-corrected chi connectivity index (χ0v) is 18.7. The maximum atomic E-state index is 12.4. The van der Waals surface area contributed by atoms with Gasteiger partial charge in [0.05, 0.1) is 6.10 Å². The second-order valence-corrected chi connectivity index (χ2v) is 8.59. The normalized spacial score (nSPS) is 15.5. The highest BCUT2D eigenvalue weighted by Gasteiger charge is 2.30. The van der Waals surface area contributed by atoms with Crippen molar-refractivity contribution >= 4 is 22.7 Å². The largest absolute Gasteiger partial charge is 0.422 e. The quantitative estimate of drug-likeness (QED) is 0.343. The summed E-state index contributed by atoms with van der Waals surface area (Å²) in [6.45, 7) is 15.5. The summed E-state index contributed by atoms with van der Waals surface area (Å²) in [7, 11) is 0. The van der Waals surface area contributed by atoms with Crippen molar-refractivity contribution < 1.29 is 23.8 Å². The first-order valence-electron chi connectivity index (χ1n) is 10.6. The molecule has 0 spiro atoms. The summed E-state index contributed by atoms with van der Waals surface area (Å²) in [4.78, 5) is 24.8. The lowest BCUT2D eigenvalue weighted by atomic mass is 9.85. The second-order valence-electron chi connectivity index (χ2n) is 8.59. The molecule has 5 heteroatoms. The van der Waals surface area contributed by atoms with Gasteiger partial charge in [0, 0.05) is 46.1 Å². The number of fused-ring (bicyclic) bond motifs is 2. The summed E-state index contributed by atoms with van der Waals surface area (Å²) in [5, 5.41) is 1.44. The first-order valence-corrected chi connectivity index (χ1v) is 10.6. The molecule has 0 bridgehead atoms. The van der Waals surface area contributed by atoms with Crippen molar-refractivity contribution in [1.29, 1.82) is 0 Å². The summed E-state index contributed by atoms with van der Waals surface area (Å²) in [5.41, 5.74) is 2.36. The molecule has 0 amide bonds. The molecule has 1 aliphatic rings. The van der Waals surface area contributed by atoms with E-state index in [1.165, 1.54) is 0 Å². The van der Waals surface area contributed by atoms with Crippen LogP contribution in [0.3, 0.4) is 0 Å². The molecule has 0 heterocycles. The summed E-state index contributed by atoms with van der Waals surface area (Å²) in [6, 6.07) is 7.48. The van der Waals surface area contributed by atoms with Crippen LogP contribution in [-0.4, -0.2) is 24.6 Å². The lowest BCUT2D eigenvalue weighted by molar-refractivity contribution is -0.131. The lowest BCUT2D eigenvalue weighted by Gasteiger charge is -2.29. The molecule has 1 atom stereocenters. The molecule has 2 aromatic carbocycles. The molecule has 0 saturated heterocycles. The van der Waals surface area contributed by atoms with Crippen LogP contribution in [0.1, 0.15) is 45.2 Å². The number of hydrogen-bond donors (Lipinski definition) is 0. The summed E-state index contributed by atoms with van der Waals surface area (Å²) >= 11 is 0. The van der Waals surface area contributed by atoms with E-state index in [2.05, 4.69) is 27.0 Å². The summed E-state index contributed by atoms with van der Waals surface area (Å²) < 4.78 is 17.7. The number of carbonyl (C=O) groups is 2. The molecule has 31 heavy (non-hydrogen) atoms. The van der Waals surface area contributed by atoms with Gasteiger partial charge in [0.15, 0.2) is 0 Å². The third kappa shape index (κ3) is 5.05. The van der Waals surface area contributed by atoms with Gasteiger partial charge >= 0.3 is 11.9 Å². The van der Waals surface area contributed by atoms with Gasteiger partial charge in [-0.1, -0.05) is 51.3 Å². The zero-order chi connectivity index (χ0) is 22.7. The molecule has 5 nitrogen and oxygen atoms in total. The van der Waals surface area contributed by atoms with Crippen molar-refractivity contribution in [3.8, 4) is 11.5 Å². The second kappa shape index (κ2) is 9.48. The molecule has 1 unspecified atom stereocenters. The van der Waals surface area contributed by atoms with Gasteiger partial charge in [0.1, 0.15) is 11.5 Å². The highest BCUT2D eigenvalue weighted by molar-refractivity contribution is 6.01. The molecule has 0 radical (unpaired) electrons. The van der Waals surface area contributed by atoms with Gasteiger partial charge in [0.25, 0.3) is 0 Å². The van der Waals surface area contributed by atoms with E-state index in [1.54, 1.807) is 13.8 Å². The smallest absolute Gasteiger partial charge is 0.338 e. The van der Waals surface area contributed by atoms with E-state index in [0.29, 0.717) is 53.4 Å². The minimum absolute atomic E-state index is 0.00281. The Kier molecular flexibility index (Phi) is 6.96. The van der Waals surface area contributed by atoms with Crippen molar-refractivity contribution in [2.75, 3.05) is 6.61 Å². The predicted octanol–water partition coefficient (Wildman–Crippen LogP) is 5.33. The van der Waals surface area contributed by atoms with Crippen molar-refractivity contribution in [3.63, 3.8) is 0 Å². The minimum Gasteiger partial charge on any atom is -0.422 e. The first-order chi connectivity index (χ1) is 14.7. The fraction of sp³-hybridized carbons (Fsp3) is 0.385. The summed E-state index contributed by atoms with van der Waals surface area (Å²) in [5.74, 6) is 0.467. The molecule has 3 rings (SSSR count). The van der Waals surface area contributed by atoms with Crippen LogP contribution in [0, 0.1) is 5.92 Å². The molecular weight excluding hydrogens is 392 g/mol. The molecule has 2 aromatic rings. The van der Waals surface area contributed by atoms with Crippen LogP contribution in [0.2, 0.25) is 0 Å². The average molecular weight is 423 g/mol. The van der Waals surface area contributed by atoms with Crippen LogP contribution in [-0.2, 0) is 27.2 Å². The van der Waals surface area contributed by atoms with Gasteiger partial charge < -0.3 is 14.2 Å². The average Bonchev–Trinajstić information content (AvgIpc) is 2.73. The monoisotopic (exact) mass is 422 g/mol. The van der Waals surface area contributed by atoms with Crippen LogP contribution in [0.4, 0.5) is 0 Å². The summed E-state index contributed by atoms with van der Waals surface area (Å²) in [6.07, 6.45) is 2.02. The zero-order valence-electron chi connectivity index (χ0n) is 18.7. The fourth-order valence-electron chi connectivity index (χ4n) is 3.66. The van der Waals surface area contributed by atoms with Gasteiger partial charge in [-0.3, -0.25) is 0 Å². The SMILES string of the molecule is C=C(C)C(=O)Oc1c2c(c(OC(=O)C(=C)C)c3ccccc13)CC(OCC(C)C)CC2. The van der Waals surface area contributed by atoms with E-state index in [4.69, 9.17) is 14.2 Å². The molecule has 0 saturated carbocycles. The van der Waals surface area contributed by atoms with Gasteiger partial charge in [0.2, 0.25) is 0 Å². The van der Waals surface area contributed by atoms with E-state index in [-0.39, 0.29) is 6.10 Å². The van der Waals surface area contributed by atoms with E-state index in [0.717, 1.165) is 22.9 Å². The van der Waals surface area contributed by atoms with Crippen molar-refractivity contribution in [3.05, 3.63) is 59.7 Å². The van der Waals surface area contributed by atoms with Crippen molar-refractivity contribution in [1.82, 2.24) is 0 Å². The Balaban J connectivity index is 2.17. The lowest BCUT2D eigenvalue weighted by Crippen LogP contribution is -2.26. The van der Waals surface area contributed by atoms with Gasteiger partial charge in [-0.15, -0.1) is 0 Å². The van der Waals surface area contributed by atoms with Crippen LogP contribution in [0.5, 0.6) is 11.5 Å². The fourth-order valence-corrected chi connectivity index (χ4v) is 3.66. The predicted molar refractivity (Wildman–Crippen MR) is 121 cm³/mol. The molecule has 0 N–H and O–H groups in total. The van der Waals surface area contributed by atoms with E-state index >= 15 is 0 Å². The standard InChI is InChI=1S/C26H30O5/c1-15(2)14-29-18-11-12-21-22(13-18)24(31-26(28)17(5)6)20-10-8-7-9-19(20)23(21)30-25(27)16(3)4/h7-10,15,18H,3,5,11-14H2,1-2,4,6H3. The van der Waals surface area contributed by atoms with Gasteiger partial charge in [-0.25, -0.2) is 9.59 Å². The number of ether oxygens (including phenoxy) is 3. The molecule has 0 fully saturated rings. The van der Waals surface area contributed by atoms with Crippen LogP contribution >= 0.6 is 0 Å². The Morgan fingerprint density at radius 1 is 0.968 bits per heavy atom. The molecule has 164 valence electrons. The minimum atomic E-state index is -0.482. The first kappa shape index (κ1) is 22.8. The van der Waals surface area contributed by atoms with Gasteiger partial charge in [-0.2, -0.15) is 0 Å². The Morgan fingerprint density at radius 2 is 1.48 bits per heavy atom. The topological polar surface area (TPSA) is 61.8 Å². The maximum Gasteiger partial charge on any atom is 0.338 e. The Hall–Kier alpha value is -2.92. The Labute approximate surface area is 183 Å². The van der Waals surface area contributed by atoms with E-state index in [9.17, 15) is 9.59 Å².